The lowest BCUT2D eigenvalue weighted by Gasteiger charge is -2.09. The molecule has 2 rings (SSSR count). The number of benzene rings is 1. The molecule has 0 aliphatic rings. The van der Waals surface area contributed by atoms with Gasteiger partial charge in [0.2, 0.25) is 0 Å². The lowest BCUT2D eigenvalue weighted by molar-refractivity contribution is 0.240. The first-order valence-corrected chi connectivity index (χ1v) is 6.00. The van der Waals surface area contributed by atoms with Crippen molar-refractivity contribution in [3.8, 4) is 5.75 Å². The number of hydrogen-bond donors (Lipinski definition) is 1. The van der Waals surface area contributed by atoms with Crippen LogP contribution in [-0.4, -0.2) is 17.2 Å². The molecule has 0 aliphatic carbocycles. The zero-order chi connectivity index (χ0) is 12.8. The molecule has 0 bridgehead atoms. The highest BCUT2D eigenvalue weighted by atomic mass is 16.5. The van der Waals surface area contributed by atoms with Crippen LogP contribution in [0.15, 0.2) is 28.8 Å². The zero-order valence-corrected chi connectivity index (χ0v) is 10.6. The standard InChI is InChI=1S/C13H17N3O2/c1-3-12-15-13(18-16-12)9-17-11-7-5-4-6-10(11)8-14-2/h4-7,14H,3,8-9H2,1-2H3. The molecule has 0 amide bonds. The first-order chi connectivity index (χ1) is 8.83. The summed E-state index contributed by atoms with van der Waals surface area (Å²) in [6, 6.07) is 7.89. The molecular weight excluding hydrogens is 230 g/mol. The van der Waals surface area contributed by atoms with Crippen LogP contribution in [0.1, 0.15) is 24.2 Å². The minimum atomic E-state index is 0.299. The van der Waals surface area contributed by atoms with Gasteiger partial charge in [-0.1, -0.05) is 30.3 Å². The van der Waals surface area contributed by atoms with Crippen molar-refractivity contribution < 1.29 is 9.26 Å². The monoisotopic (exact) mass is 247 g/mol. The van der Waals surface area contributed by atoms with Gasteiger partial charge in [0.15, 0.2) is 12.4 Å². The Hall–Kier alpha value is -1.88. The molecule has 0 unspecified atom stereocenters. The molecule has 0 radical (unpaired) electrons. The Bertz CT molecular complexity index is 496. The molecule has 96 valence electrons. The summed E-state index contributed by atoms with van der Waals surface area (Å²) in [5.74, 6) is 2.05. The highest BCUT2D eigenvalue weighted by Crippen LogP contribution is 2.18. The SMILES string of the molecule is CCc1noc(COc2ccccc2CNC)n1. The number of aryl methyl sites for hydroxylation is 1. The summed E-state index contributed by atoms with van der Waals surface area (Å²) in [7, 11) is 1.91. The van der Waals surface area contributed by atoms with E-state index in [4.69, 9.17) is 9.26 Å². The normalized spacial score (nSPS) is 10.6. The van der Waals surface area contributed by atoms with Crippen LogP contribution in [0.5, 0.6) is 5.75 Å². The van der Waals surface area contributed by atoms with E-state index in [-0.39, 0.29) is 0 Å². The average Bonchev–Trinajstić information content (AvgIpc) is 2.86. The van der Waals surface area contributed by atoms with E-state index in [2.05, 4.69) is 15.5 Å². The molecule has 2 aromatic rings. The molecule has 0 spiro atoms. The van der Waals surface area contributed by atoms with E-state index >= 15 is 0 Å². The lowest BCUT2D eigenvalue weighted by atomic mass is 10.2. The predicted octanol–water partition coefficient (Wildman–Crippen LogP) is 1.93. The van der Waals surface area contributed by atoms with Gasteiger partial charge in [0.1, 0.15) is 5.75 Å². The van der Waals surface area contributed by atoms with Gasteiger partial charge in [0.05, 0.1) is 0 Å². The third kappa shape index (κ3) is 3.07. The summed E-state index contributed by atoms with van der Waals surface area (Å²) in [5.41, 5.74) is 1.11. The van der Waals surface area contributed by atoms with Crippen molar-refractivity contribution in [2.75, 3.05) is 7.05 Å². The second-order valence-corrected chi connectivity index (χ2v) is 3.88. The van der Waals surface area contributed by atoms with Gasteiger partial charge in [-0.05, 0) is 13.1 Å². The van der Waals surface area contributed by atoms with Crippen molar-refractivity contribution >= 4 is 0 Å². The first-order valence-electron chi connectivity index (χ1n) is 6.00. The lowest BCUT2D eigenvalue weighted by Crippen LogP contribution is -2.07. The number of ether oxygens (including phenoxy) is 1. The molecule has 18 heavy (non-hydrogen) atoms. The molecule has 0 saturated heterocycles. The molecule has 0 saturated carbocycles. The molecular formula is C13H17N3O2. The Kier molecular flexibility index (Phi) is 4.30. The van der Waals surface area contributed by atoms with Crippen molar-refractivity contribution in [1.82, 2.24) is 15.5 Å². The van der Waals surface area contributed by atoms with Crippen LogP contribution in [0, 0.1) is 0 Å². The second-order valence-electron chi connectivity index (χ2n) is 3.88. The molecule has 5 heteroatoms. The molecule has 5 nitrogen and oxygen atoms in total. The summed E-state index contributed by atoms with van der Waals surface area (Å²) in [6.07, 6.45) is 0.764. The van der Waals surface area contributed by atoms with Crippen molar-refractivity contribution in [2.45, 2.75) is 26.5 Å². The van der Waals surface area contributed by atoms with Crippen LogP contribution in [0.3, 0.4) is 0 Å². The zero-order valence-electron chi connectivity index (χ0n) is 10.6. The third-order valence-corrected chi connectivity index (χ3v) is 2.52. The summed E-state index contributed by atoms with van der Waals surface area (Å²) in [5, 5.41) is 6.93. The van der Waals surface area contributed by atoms with E-state index in [1.54, 1.807) is 0 Å². The minimum absolute atomic E-state index is 0.299. The third-order valence-electron chi connectivity index (χ3n) is 2.52. The van der Waals surface area contributed by atoms with E-state index in [0.29, 0.717) is 18.3 Å². The number of rotatable bonds is 6. The largest absolute Gasteiger partial charge is 0.483 e. The predicted molar refractivity (Wildman–Crippen MR) is 67.2 cm³/mol. The average molecular weight is 247 g/mol. The molecule has 1 heterocycles. The number of nitrogens with zero attached hydrogens (tertiary/aromatic N) is 2. The summed E-state index contributed by atoms with van der Waals surface area (Å²) < 4.78 is 10.8. The van der Waals surface area contributed by atoms with Crippen molar-refractivity contribution in [3.05, 3.63) is 41.5 Å². The Morgan fingerprint density at radius 2 is 2.17 bits per heavy atom. The summed E-state index contributed by atoms with van der Waals surface area (Å²) in [4.78, 5) is 4.20. The molecule has 0 atom stereocenters. The number of para-hydroxylation sites is 1. The van der Waals surface area contributed by atoms with Gasteiger partial charge in [-0.25, -0.2) is 0 Å². The van der Waals surface area contributed by atoms with Gasteiger partial charge in [-0.3, -0.25) is 0 Å². The van der Waals surface area contributed by atoms with Crippen molar-refractivity contribution in [1.29, 1.82) is 0 Å². The van der Waals surface area contributed by atoms with E-state index < -0.39 is 0 Å². The van der Waals surface area contributed by atoms with E-state index in [0.717, 1.165) is 24.3 Å². The Labute approximate surface area is 106 Å². The second kappa shape index (κ2) is 6.16. The maximum atomic E-state index is 5.70. The highest BCUT2D eigenvalue weighted by Gasteiger charge is 2.07. The Morgan fingerprint density at radius 1 is 1.33 bits per heavy atom. The van der Waals surface area contributed by atoms with Crippen molar-refractivity contribution in [2.24, 2.45) is 0 Å². The van der Waals surface area contributed by atoms with Crippen LogP contribution in [0.25, 0.3) is 0 Å². The summed E-state index contributed by atoms with van der Waals surface area (Å²) >= 11 is 0. The minimum Gasteiger partial charge on any atom is -0.483 e. The smallest absolute Gasteiger partial charge is 0.264 e. The molecule has 1 N–H and O–H groups in total. The van der Waals surface area contributed by atoms with E-state index in [1.807, 2.05) is 38.2 Å². The van der Waals surface area contributed by atoms with Crippen molar-refractivity contribution in [3.63, 3.8) is 0 Å². The van der Waals surface area contributed by atoms with Gasteiger partial charge >= 0.3 is 0 Å². The number of nitrogens with one attached hydrogen (secondary N) is 1. The Morgan fingerprint density at radius 3 is 2.89 bits per heavy atom. The summed E-state index contributed by atoms with van der Waals surface area (Å²) in [6.45, 7) is 3.05. The highest BCUT2D eigenvalue weighted by molar-refractivity contribution is 5.33. The molecule has 1 aromatic carbocycles. The molecule has 0 fully saturated rings. The van der Waals surface area contributed by atoms with Crippen LogP contribution < -0.4 is 10.1 Å². The maximum absolute atomic E-state index is 5.70. The van der Waals surface area contributed by atoms with Gasteiger partial charge in [0.25, 0.3) is 5.89 Å². The van der Waals surface area contributed by atoms with E-state index in [1.165, 1.54) is 0 Å². The number of hydrogen-bond acceptors (Lipinski definition) is 5. The Balaban J connectivity index is 2.01. The van der Waals surface area contributed by atoms with Crippen LogP contribution in [-0.2, 0) is 19.6 Å². The fourth-order valence-electron chi connectivity index (χ4n) is 1.61. The molecule has 1 aromatic heterocycles. The quantitative estimate of drug-likeness (QED) is 0.845. The van der Waals surface area contributed by atoms with Gasteiger partial charge in [-0.2, -0.15) is 4.98 Å². The van der Waals surface area contributed by atoms with E-state index in [9.17, 15) is 0 Å². The first kappa shape index (κ1) is 12.6. The maximum Gasteiger partial charge on any atom is 0.264 e. The number of aromatic nitrogens is 2. The van der Waals surface area contributed by atoms with Crippen LogP contribution in [0.2, 0.25) is 0 Å². The van der Waals surface area contributed by atoms with Gasteiger partial charge in [-0.15, -0.1) is 0 Å². The molecule has 0 aliphatic heterocycles. The van der Waals surface area contributed by atoms with Crippen LogP contribution >= 0.6 is 0 Å². The fraction of sp³-hybridized carbons (Fsp3) is 0.385. The van der Waals surface area contributed by atoms with Gasteiger partial charge < -0.3 is 14.6 Å². The van der Waals surface area contributed by atoms with Crippen LogP contribution in [0.4, 0.5) is 0 Å². The topological polar surface area (TPSA) is 60.2 Å². The van der Waals surface area contributed by atoms with Gasteiger partial charge in [0, 0.05) is 18.5 Å². The fourth-order valence-corrected chi connectivity index (χ4v) is 1.61.